The number of halogens is 2. The quantitative estimate of drug-likeness (QED) is 0.660. The molecule has 34 heavy (non-hydrogen) atoms. The molecule has 4 fully saturated rings. The number of ether oxygens (including phenoxy) is 2. The number of aliphatic hydroxyl groups is 1. The molecule has 2 amide bonds. The Labute approximate surface area is 209 Å². The van der Waals surface area contributed by atoms with E-state index in [2.05, 4.69) is 4.90 Å². The summed E-state index contributed by atoms with van der Waals surface area (Å²) in [7, 11) is 0. The van der Waals surface area contributed by atoms with Gasteiger partial charge in [-0.25, -0.2) is 0 Å². The van der Waals surface area contributed by atoms with E-state index in [0.717, 1.165) is 31.5 Å². The van der Waals surface area contributed by atoms with Crippen molar-refractivity contribution in [2.45, 2.75) is 49.4 Å². The fourth-order valence-corrected chi connectivity index (χ4v) is 6.16. The van der Waals surface area contributed by atoms with Crippen LogP contribution in [0.4, 0.5) is 0 Å². The van der Waals surface area contributed by atoms with E-state index in [0.29, 0.717) is 43.0 Å². The van der Waals surface area contributed by atoms with Gasteiger partial charge >= 0.3 is 0 Å². The van der Waals surface area contributed by atoms with Crippen LogP contribution in [0.5, 0.6) is 0 Å². The van der Waals surface area contributed by atoms with Crippen LogP contribution in [0.25, 0.3) is 0 Å². The van der Waals surface area contributed by atoms with E-state index in [1.807, 2.05) is 11.0 Å². The molecule has 5 rings (SSSR count). The first kappa shape index (κ1) is 24.3. The largest absolute Gasteiger partial charge is 0.378 e. The maximum atomic E-state index is 13.6. The van der Waals surface area contributed by atoms with Crippen LogP contribution in [-0.2, 0) is 25.5 Å². The maximum absolute atomic E-state index is 13.6. The fraction of sp³-hybridized carbons (Fsp3) is 0.667. The van der Waals surface area contributed by atoms with Crippen molar-refractivity contribution in [3.8, 4) is 0 Å². The van der Waals surface area contributed by atoms with Gasteiger partial charge in [-0.3, -0.25) is 14.5 Å². The molecule has 0 saturated carbocycles. The minimum atomic E-state index is -1.50. The van der Waals surface area contributed by atoms with Gasteiger partial charge in [0.2, 0.25) is 5.91 Å². The summed E-state index contributed by atoms with van der Waals surface area (Å²) in [6.45, 7) is 3.91. The summed E-state index contributed by atoms with van der Waals surface area (Å²) in [6, 6.07) is 4.74. The van der Waals surface area contributed by atoms with Gasteiger partial charge in [0.1, 0.15) is 0 Å². The third-order valence-corrected chi connectivity index (χ3v) is 8.38. The van der Waals surface area contributed by atoms with Gasteiger partial charge in [0, 0.05) is 19.5 Å². The molecular weight excluding hydrogens is 481 g/mol. The normalized spacial score (nSPS) is 32.1. The molecule has 1 aromatic carbocycles. The predicted octanol–water partition coefficient (Wildman–Crippen LogP) is 1.59. The number of hydrogen-bond acceptors (Lipinski definition) is 6. The number of hydrogen-bond donors (Lipinski definition) is 1. The van der Waals surface area contributed by atoms with Gasteiger partial charge in [-0.2, -0.15) is 0 Å². The lowest BCUT2D eigenvalue weighted by Crippen LogP contribution is -2.73. The number of carbonyl (C=O) groups is 2. The van der Waals surface area contributed by atoms with Crippen LogP contribution < -0.4 is 0 Å². The summed E-state index contributed by atoms with van der Waals surface area (Å²) < 4.78 is 11.3. The standard InChI is InChI=1S/C24H31Cl2N3O5/c25-17-4-3-16(11-18(17)26)12-21(30)29-9-8-28(23(31)24(32)5-10-33-15-24)20-14-34-13-19(22(20)29)27-6-1-2-7-27/h3-4,11,19-20,22,32H,1-2,5-10,12-15H2/t19?,20?,22-,24?/m1/s1. The highest BCUT2D eigenvalue weighted by Gasteiger charge is 2.53. The van der Waals surface area contributed by atoms with E-state index >= 15 is 0 Å². The van der Waals surface area contributed by atoms with Crippen molar-refractivity contribution >= 4 is 35.0 Å². The van der Waals surface area contributed by atoms with Crippen molar-refractivity contribution < 1.29 is 24.2 Å². The first-order valence-electron chi connectivity index (χ1n) is 12.0. The SMILES string of the molecule is O=C(Cc1ccc(Cl)c(Cl)c1)N1CCN(C(=O)C2(O)CCOC2)C2COCC(N3CCCC3)[C@H]21. The zero-order valence-corrected chi connectivity index (χ0v) is 20.6. The van der Waals surface area contributed by atoms with E-state index in [4.69, 9.17) is 32.7 Å². The number of benzene rings is 1. The second-order valence-electron chi connectivity index (χ2n) is 9.75. The van der Waals surface area contributed by atoms with E-state index < -0.39 is 5.60 Å². The second-order valence-corrected chi connectivity index (χ2v) is 10.6. The summed E-state index contributed by atoms with van der Waals surface area (Å²) in [6.07, 6.45) is 2.73. The van der Waals surface area contributed by atoms with Crippen molar-refractivity contribution in [2.75, 3.05) is 52.6 Å². The number of piperazine rings is 1. The summed E-state index contributed by atoms with van der Waals surface area (Å²) in [5.41, 5.74) is -0.700. The summed E-state index contributed by atoms with van der Waals surface area (Å²) in [5, 5.41) is 11.8. The lowest BCUT2D eigenvalue weighted by atomic mass is 9.89. The van der Waals surface area contributed by atoms with Crippen LogP contribution in [0.2, 0.25) is 10.0 Å². The van der Waals surface area contributed by atoms with Gasteiger partial charge in [0.05, 0.1) is 61.0 Å². The Morgan fingerprint density at radius 2 is 1.74 bits per heavy atom. The third kappa shape index (κ3) is 4.56. The number of nitrogens with zero attached hydrogens (tertiary/aromatic N) is 3. The minimum Gasteiger partial charge on any atom is -0.378 e. The Hall–Kier alpha value is -1.42. The highest BCUT2D eigenvalue weighted by Crippen LogP contribution is 2.33. The van der Waals surface area contributed by atoms with Crippen molar-refractivity contribution in [1.29, 1.82) is 0 Å². The highest BCUT2D eigenvalue weighted by atomic mass is 35.5. The molecular formula is C24H31Cl2N3O5. The molecule has 1 aromatic rings. The van der Waals surface area contributed by atoms with Crippen molar-refractivity contribution in [3.63, 3.8) is 0 Å². The number of rotatable bonds is 4. The molecule has 0 aliphatic carbocycles. The number of likely N-dealkylation sites (tertiary alicyclic amines) is 1. The van der Waals surface area contributed by atoms with Crippen LogP contribution in [0.1, 0.15) is 24.8 Å². The van der Waals surface area contributed by atoms with Crippen molar-refractivity contribution in [2.24, 2.45) is 0 Å². The van der Waals surface area contributed by atoms with E-state index in [1.165, 1.54) is 0 Å². The van der Waals surface area contributed by atoms with Gasteiger partial charge in [-0.1, -0.05) is 29.3 Å². The zero-order chi connectivity index (χ0) is 23.9. The molecule has 8 nitrogen and oxygen atoms in total. The highest BCUT2D eigenvalue weighted by molar-refractivity contribution is 6.42. The fourth-order valence-electron chi connectivity index (χ4n) is 5.84. The molecule has 1 N–H and O–H groups in total. The topological polar surface area (TPSA) is 82.6 Å². The molecule has 0 aromatic heterocycles. The lowest BCUT2D eigenvalue weighted by molar-refractivity contribution is -0.174. The Kier molecular flexibility index (Phi) is 7.08. The molecule has 10 heteroatoms. The molecule has 4 aliphatic rings. The molecule has 4 atom stereocenters. The number of amides is 2. The van der Waals surface area contributed by atoms with Crippen molar-refractivity contribution in [3.05, 3.63) is 33.8 Å². The van der Waals surface area contributed by atoms with Gasteiger partial charge < -0.3 is 24.4 Å². The van der Waals surface area contributed by atoms with E-state index in [1.54, 1.807) is 17.0 Å². The molecule has 4 saturated heterocycles. The van der Waals surface area contributed by atoms with Crippen LogP contribution in [0.15, 0.2) is 18.2 Å². The van der Waals surface area contributed by atoms with Crippen LogP contribution in [0, 0.1) is 0 Å². The summed E-state index contributed by atoms with van der Waals surface area (Å²) >= 11 is 12.2. The average Bonchev–Trinajstić information content (AvgIpc) is 3.53. The van der Waals surface area contributed by atoms with Crippen LogP contribution >= 0.6 is 23.2 Å². The van der Waals surface area contributed by atoms with Crippen LogP contribution in [-0.4, -0.2) is 108 Å². The van der Waals surface area contributed by atoms with Crippen molar-refractivity contribution in [1.82, 2.24) is 14.7 Å². The maximum Gasteiger partial charge on any atom is 0.257 e. The molecule has 186 valence electrons. The molecule has 0 spiro atoms. The van der Waals surface area contributed by atoms with Crippen LogP contribution in [0.3, 0.4) is 0 Å². The summed E-state index contributed by atoms with van der Waals surface area (Å²) in [4.78, 5) is 33.1. The lowest BCUT2D eigenvalue weighted by Gasteiger charge is -2.54. The average molecular weight is 512 g/mol. The third-order valence-electron chi connectivity index (χ3n) is 7.64. The van der Waals surface area contributed by atoms with Gasteiger partial charge in [-0.15, -0.1) is 0 Å². The Morgan fingerprint density at radius 1 is 1.00 bits per heavy atom. The molecule has 0 bridgehead atoms. The van der Waals surface area contributed by atoms with E-state index in [9.17, 15) is 14.7 Å². The molecule has 3 unspecified atom stereocenters. The predicted molar refractivity (Wildman–Crippen MR) is 127 cm³/mol. The molecule has 0 radical (unpaired) electrons. The van der Waals surface area contributed by atoms with E-state index in [-0.39, 0.29) is 49.4 Å². The first-order chi connectivity index (χ1) is 16.4. The summed E-state index contributed by atoms with van der Waals surface area (Å²) in [5.74, 6) is -0.322. The smallest absolute Gasteiger partial charge is 0.257 e. The second kappa shape index (κ2) is 9.91. The number of fused-ring (bicyclic) bond motifs is 1. The Morgan fingerprint density at radius 3 is 2.44 bits per heavy atom. The van der Waals surface area contributed by atoms with Gasteiger partial charge in [0.25, 0.3) is 5.91 Å². The Balaban J connectivity index is 1.41. The monoisotopic (exact) mass is 511 g/mol. The van der Waals surface area contributed by atoms with Gasteiger partial charge in [0.15, 0.2) is 5.60 Å². The Bertz CT molecular complexity index is 935. The zero-order valence-electron chi connectivity index (χ0n) is 19.1. The number of carbonyl (C=O) groups excluding carboxylic acids is 2. The minimum absolute atomic E-state index is 0.00377. The molecule has 4 heterocycles. The molecule has 4 aliphatic heterocycles. The first-order valence-corrected chi connectivity index (χ1v) is 12.8. The van der Waals surface area contributed by atoms with Gasteiger partial charge in [-0.05, 0) is 43.6 Å².